The summed E-state index contributed by atoms with van der Waals surface area (Å²) in [7, 11) is -0.680. The topological polar surface area (TPSA) is 108 Å². The van der Waals surface area contributed by atoms with E-state index in [0.29, 0.717) is 11.4 Å². The van der Waals surface area contributed by atoms with Gasteiger partial charge in [0.2, 0.25) is 0 Å². The van der Waals surface area contributed by atoms with Gasteiger partial charge in [-0.1, -0.05) is 0 Å². The van der Waals surface area contributed by atoms with Crippen LogP contribution < -0.4 is 5.73 Å². The molecule has 2 fully saturated rings. The Morgan fingerprint density at radius 3 is 2.64 bits per heavy atom. The molecule has 7 nitrogen and oxygen atoms in total. The zero-order chi connectivity index (χ0) is 16.2. The minimum absolute atomic E-state index is 0.0309. The lowest BCUT2D eigenvalue weighted by atomic mass is 9.81. The number of nitrogen functional groups attached to an aromatic ring is 1. The predicted octanol–water partition coefficient (Wildman–Crippen LogP) is 0.844. The van der Waals surface area contributed by atoms with Gasteiger partial charge in [0.1, 0.15) is 24.0 Å². The van der Waals surface area contributed by atoms with Gasteiger partial charge in [0.05, 0.1) is 11.7 Å². The standard InChI is InChI=1S/C14H21BN4O3/c1-7-12-13(22-14(2,3)21-12)11(19(7)15(4)20)8-6-18-9(5-16)10(8)17/h6-7,11-13,18,20H,17H2,1-4H3/t7-,11+,12+,13?/m1/s1. The first-order valence-corrected chi connectivity index (χ1v) is 7.45. The molecule has 1 unspecified atom stereocenters. The van der Waals surface area contributed by atoms with Crippen molar-refractivity contribution in [1.29, 1.82) is 5.26 Å². The van der Waals surface area contributed by atoms with E-state index in [1.54, 1.807) is 13.0 Å². The summed E-state index contributed by atoms with van der Waals surface area (Å²) in [6.45, 7) is 7.47. The summed E-state index contributed by atoms with van der Waals surface area (Å²) in [6.07, 6.45) is 1.32. The monoisotopic (exact) mass is 304 g/mol. The van der Waals surface area contributed by atoms with Gasteiger partial charge in [-0.25, -0.2) is 0 Å². The van der Waals surface area contributed by atoms with Crippen LogP contribution in [0.4, 0.5) is 5.69 Å². The summed E-state index contributed by atoms with van der Waals surface area (Å²) < 4.78 is 12.1. The molecule has 0 aliphatic carbocycles. The molecular weight excluding hydrogens is 283 g/mol. The highest BCUT2D eigenvalue weighted by atomic mass is 16.8. The van der Waals surface area contributed by atoms with Gasteiger partial charge >= 0.3 is 7.05 Å². The Morgan fingerprint density at radius 2 is 2.09 bits per heavy atom. The van der Waals surface area contributed by atoms with Crippen molar-refractivity contribution < 1.29 is 14.5 Å². The number of anilines is 1. The van der Waals surface area contributed by atoms with Crippen LogP contribution in [0.3, 0.4) is 0 Å². The van der Waals surface area contributed by atoms with E-state index in [9.17, 15) is 5.02 Å². The molecule has 22 heavy (non-hydrogen) atoms. The summed E-state index contributed by atoms with van der Waals surface area (Å²) >= 11 is 0. The van der Waals surface area contributed by atoms with Gasteiger partial charge < -0.3 is 30.0 Å². The van der Waals surface area contributed by atoms with E-state index in [1.807, 2.05) is 31.7 Å². The SMILES string of the molecule is CB(O)N1[C@H](C)[C@@H]2OC(C)(C)OC2[C@@H]1c1c[nH]c(C#N)c1N. The minimum atomic E-state index is -0.680. The highest BCUT2D eigenvalue weighted by Gasteiger charge is 2.58. The molecule has 2 aliphatic heterocycles. The van der Waals surface area contributed by atoms with Crippen molar-refractivity contribution in [2.24, 2.45) is 0 Å². The molecule has 4 atom stereocenters. The van der Waals surface area contributed by atoms with Gasteiger partial charge in [0.15, 0.2) is 5.79 Å². The van der Waals surface area contributed by atoms with Crippen molar-refractivity contribution in [2.45, 2.75) is 57.7 Å². The maximum absolute atomic E-state index is 10.2. The molecule has 118 valence electrons. The number of nitriles is 1. The third-order valence-electron chi connectivity index (χ3n) is 4.56. The Kier molecular flexibility index (Phi) is 3.49. The van der Waals surface area contributed by atoms with Crippen molar-refractivity contribution in [3.8, 4) is 6.07 Å². The smallest absolute Gasteiger partial charge is 0.377 e. The molecule has 0 amide bonds. The zero-order valence-corrected chi connectivity index (χ0v) is 13.2. The fourth-order valence-corrected chi connectivity index (χ4v) is 3.72. The molecule has 0 radical (unpaired) electrons. The molecule has 0 saturated carbocycles. The molecule has 0 spiro atoms. The quantitative estimate of drug-likeness (QED) is 0.699. The largest absolute Gasteiger partial charge is 0.437 e. The van der Waals surface area contributed by atoms with Gasteiger partial charge in [-0.15, -0.1) is 0 Å². The van der Waals surface area contributed by atoms with E-state index in [4.69, 9.17) is 20.5 Å². The molecule has 0 aromatic carbocycles. The van der Waals surface area contributed by atoms with Crippen LogP contribution in [0.25, 0.3) is 0 Å². The van der Waals surface area contributed by atoms with Crippen molar-refractivity contribution in [3.05, 3.63) is 17.5 Å². The maximum atomic E-state index is 10.2. The normalized spacial score (nSPS) is 33.6. The highest BCUT2D eigenvalue weighted by Crippen LogP contribution is 2.48. The lowest BCUT2D eigenvalue weighted by Gasteiger charge is -2.33. The number of nitrogens with zero attached hydrogens (tertiary/aromatic N) is 2. The van der Waals surface area contributed by atoms with Crippen LogP contribution in [0.5, 0.6) is 0 Å². The lowest BCUT2D eigenvalue weighted by Crippen LogP contribution is -2.45. The van der Waals surface area contributed by atoms with Crippen LogP contribution in [0, 0.1) is 11.3 Å². The molecule has 1 aromatic heterocycles. The average molecular weight is 304 g/mol. The van der Waals surface area contributed by atoms with E-state index in [2.05, 4.69) is 4.98 Å². The molecular formula is C14H21BN4O3. The fourth-order valence-electron chi connectivity index (χ4n) is 3.72. The van der Waals surface area contributed by atoms with Crippen LogP contribution >= 0.6 is 0 Å². The second-order valence-corrected chi connectivity index (χ2v) is 6.47. The maximum Gasteiger partial charge on any atom is 0.377 e. The van der Waals surface area contributed by atoms with E-state index < -0.39 is 12.8 Å². The van der Waals surface area contributed by atoms with Gasteiger partial charge in [-0.2, -0.15) is 5.26 Å². The minimum Gasteiger partial charge on any atom is -0.437 e. The third kappa shape index (κ3) is 2.13. The molecule has 0 bridgehead atoms. The Labute approximate surface area is 130 Å². The Balaban J connectivity index is 2.05. The van der Waals surface area contributed by atoms with E-state index >= 15 is 0 Å². The molecule has 4 N–H and O–H groups in total. The Bertz CT molecular complexity index is 624. The van der Waals surface area contributed by atoms with Gasteiger partial charge in [-0.3, -0.25) is 0 Å². The van der Waals surface area contributed by atoms with Crippen LogP contribution in [-0.4, -0.2) is 45.9 Å². The van der Waals surface area contributed by atoms with Crippen LogP contribution in [0.15, 0.2) is 6.20 Å². The number of ether oxygens (including phenoxy) is 2. The van der Waals surface area contributed by atoms with E-state index in [1.165, 1.54) is 0 Å². The number of fused-ring (bicyclic) bond motifs is 1. The van der Waals surface area contributed by atoms with Crippen molar-refractivity contribution >= 4 is 12.7 Å². The third-order valence-corrected chi connectivity index (χ3v) is 4.56. The lowest BCUT2D eigenvalue weighted by molar-refractivity contribution is -0.163. The van der Waals surface area contributed by atoms with Crippen molar-refractivity contribution in [3.63, 3.8) is 0 Å². The zero-order valence-electron chi connectivity index (χ0n) is 13.2. The predicted molar refractivity (Wildman–Crippen MR) is 81.6 cm³/mol. The van der Waals surface area contributed by atoms with Crippen LogP contribution in [0.2, 0.25) is 6.82 Å². The van der Waals surface area contributed by atoms with E-state index in [0.717, 1.165) is 5.56 Å². The van der Waals surface area contributed by atoms with Crippen LogP contribution in [-0.2, 0) is 9.47 Å². The summed E-state index contributed by atoms with van der Waals surface area (Å²) in [4.78, 5) is 4.81. The van der Waals surface area contributed by atoms with Gasteiger partial charge in [0.25, 0.3) is 0 Å². The number of aromatic nitrogens is 1. The molecule has 2 saturated heterocycles. The number of hydrogen-bond donors (Lipinski definition) is 3. The molecule has 3 rings (SSSR count). The molecule has 8 heteroatoms. The number of nitrogens with two attached hydrogens (primary N) is 1. The molecule has 2 aliphatic rings. The Morgan fingerprint density at radius 1 is 1.45 bits per heavy atom. The van der Waals surface area contributed by atoms with Gasteiger partial charge in [0, 0.05) is 17.8 Å². The Hall–Kier alpha value is -1.53. The number of hydrogen-bond acceptors (Lipinski definition) is 6. The number of H-pyrrole nitrogens is 1. The summed E-state index contributed by atoms with van der Waals surface area (Å²) in [5.74, 6) is -0.671. The molecule has 3 heterocycles. The van der Waals surface area contributed by atoms with Crippen molar-refractivity contribution in [2.75, 3.05) is 5.73 Å². The van der Waals surface area contributed by atoms with Gasteiger partial charge in [-0.05, 0) is 27.6 Å². The molecule has 1 aromatic rings. The second kappa shape index (κ2) is 5.00. The summed E-state index contributed by atoms with van der Waals surface area (Å²) in [5, 5.41) is 19.3. The van der Waals surface area contributed by atoms with Crippen LogP contribution in [0.1, 0.15) is 38.1 Å². The second-order valence-electron chi connectivity index (χ2n) is 6.47. The number of rotatable bonds is 2. The fraction of sp³-hybridized carbons (Fsp3) is 0.643. The van der Waals surface area contributed by atoms with Crippen molar-refractivity contribution in [1.82, 2.24) is 9.79 Å². The highest BCUT2D eigenvalue weighted by molar-refractivity contribution is 6.45. The van der Waals surface area contributed by atoms with E-state index in [-0.39, 0.29) is 24.3 Å². The number of aromatic amines is 1. The first-order chi connectivity index (χ1) is 10.3. The number of nitrogens with one attached hydrogen (secondary N) is 1. The first kappa shape index (κ1) is 15.4. The summed E-state index contributed by atoms with van der Waals surface area (Å²) in [5.41, 5.74) is 7.59. The summed E-state index contributed by atoms with van der Waals surface area (Å²) in [6, 6.07) is 1.74. The first-order valence-electron chi connectivity index (χ1n) is 7.45. The average Bonchev–Trinajstić information content (AvgIpc) is 3.01.